The van der Waals surface area contributed by atoms with E-state index in [0.717, 1.165) is 37.5 Å². The van der Waals surface area contributed by atoms with Crippen molar-refractivity contribution in [3.8, 4) is 0 Å². The molecule has 0 spiro atoms. The molecule has 0 aromatic carbocycles. The van der Waals surface area contributed by atoms with Crippen LogP contribution in [0.25, 0.3) is 0 Å². The molecule has 0 amide bonds. The highest BCUT2D eigenvalue weighted by Crippen LogP contribution is 2.20. The van der Waals surface area contributed by atoms with E-state index in [1.165, 1.54) is 6.42 Å². The first-order valence-electron chi connectivity index (χ1n) is 6.78. The van der Waals surface area contributed by atoms with Crippen molar-refractivity contribution >= 4 is 5.82 Å². The smallest absolute Gasteiger partial charge is 0.128 e. The van der Waals surface area contributed by atoms with Gasteiger partial charge >= 0.3 is 0 Å². The van der Waals surface area contributed by atoms with Crippen molar-refractivity contribution in [2.24, 2.45) is 5.73 Å². The topological polar surface area (TPSA) is 51.4 Å². The number of rotatable bonds is 5. The van der Waals surface area contributed by atoms with Crippen molar-refractivity contribution in [2.45, 2.75) is 38.8 Å². The maximum Gasteiger partial charge on any atom is 0.128 e. The van der Waals surface area contributed by atoms with Crippen molar-refractivity contribution in [2.75, 3.05) is 24.6 Å². The lowest BCUT2D eigenvalue weighted by Gasteiger charge is -2.25. The van der Waals surface area contributed by atoms with Crippen LogP contribution in [0.2, 0.25) is 0 Å². The average molecular weight is 249 g/mol. The van der Waals surface area contributed by atoms with E-state index in [0.29, 0.717) is 6.10 Å². The fraction of sp³-hybridized carbons (Fsp3) is 0.643. The molecule has 2 rings (SSSR count). The van der Waals surface area contributed by atoms with E-state index < -0.39 is 0 Å². The molecule has 1 aliphatic rings. The number of anilines is 1. The Morgan fingerprint density at radius 1 is 1.61 bits per heavy atom. The maximum absolute atomic E-state index is 5.92. The predicted octanol–water partition coefficient (Wildman–Crippen LogP) is 2.11. The zero-order valence-corrected chi connectivity index (χ0v) is 11.3. The van der Waals surface area contributed by atoms with Crippen molar-refractivity contribution < 1.29 is 4.74 Å². The molecule has 0 bridgehead atoms. The summed E-state index contributed by atoms with van der Waals surface area (Å²) in [5, 5.41) is 0. The first-order chi connectivity index (χ1) is 8.70. The molecule has 0 saturated carbocycles. The third kappa shape index (κ3) is 3.21. The van der Waals surface area contributed by atoms with Crippen molar-refractivity contribution in [1.82, 2.24) is 4.98 Å². The average Bonchev–Trinajstić information content (AvgIpc) is 2.89. The van der Waals surface area contributed by atoms with Gasteiger partial charge in [0.1, 0.15) is 5.82 Å². The highest BCUT2D eigenvalue weighted by atomic mass is 16.5. The van der Waals surface area contributed by atoms with Gasteiger partial charge in [-0.15, -0.1) is 0 Å². The summed E-state index contributed by atoms with van der Waals surface area (Å²) in [4.78, 5) is 6.72. The Balaban J connectivity index is 2.08. The lowest BCUT2D eigenvalue weighted by molar-refractivity contribution is 0.115. The van der Waals surface area contributed by atoms with E-state index in [9.17, 15) is 0 Å². The van der Waals surface area contributed by atoms with E-state index in [4.69, 9.17) is 10.5 Å². The van der Waals surface area contributed by atoms with E-state index in [2.05, 4.69) is 22.9 Å². The molecule has 18 heavy (non-hydrogen) atoms. The van der Waals surface area contributed by atoms with Crippen LogP contribution in [0.15, 0.2) is 18.3 Å². The molecule has 1 aromatic heterocycles. The number of likely N-dealkylation sites (N-methyl/N-ethyl adjacent to an activating group) is 1. The summed E-state index contributed by atoms with van der Waals surface area (Å²) < 4.78 is 5.69. The minimum atomic E-state index is 0.0492. The molecule has 0 aliphatic carbocycles. The lowest BCUT2D eigenvalue weighted by atomic mass is 10.1. The summed E-state index contributed by atoms with van der Waals surface area (Å²) in [5.74, 6) is 1.00. The second-order valence-electron chi connectivity index (χ2n) is 4.91. The molecule has 100 valence electrons. The predicted molar refractivity (Wildman–Crippen MR) is 73.7 cm³/mol. The maximum atomic E-state index is 5.92. The molecule has 2 N–H and O–H groups in total. The van der Waals surface area contributed by atoms with Gasteiger partial charge < -0.3 is 15.4 Å². The third-order valence-electron chi connectivity index (χ3n) is 3.45. The van der Waals surface area contributed by atoms with Crippen LogP contribution in [0, 0.1) is 0 Å². The van der Waals surface area contributed by atoms with Gasteiger partial charge in [0, 0.05) is 31.9 Å². The van der Waals surface area contributed by atoms with Gasteiger partial charge in [0.05, 0.1) is 6.10 Å². The molecule has 1 fully saturated rings. The number of hydrogen-bond acceptors (Lipinski definition) is 4. The quantitative estimate of drug-likeness (QED) is 0.868. The molecule has 2 atom stereocenters. The number of nitrogens with two attached hydrogens (primary N) is 1. The molecule has 1 saturated heterocycles. The van der Waals surface area contributed by atoms with E-state index in [1.807, 2.05) is 19.2 Å². The standard InChI is InChI=1S/C14H23N3O/c1-3-17(10-13-5-4-8-18-13)14-9-12(11(2)15)6-7-16-14/h6-7,9,11,13H,3-5,8,10,15H2,1-2H3/t11-,13?/m0/s1. The van der Waals surface area contributed by atoms with Crippen LogP contribution in [-0.2, 0) is 4.74 Å². The Bertz CT molecular complexity index is 375. The van der Waals surface area contributed by atoms with Gasteiger partial charge in [0.2, 0.25) is 0 Å². The fourth-order valence-corrected chi connectivity index (χ4v) is 2.31. The molecular weight excluding hydrogens is 226 g/mol. The first-order valence-corrected chi connectivity index (χ1v) is 6.78. The zero-order chi connectivity index (χ0) is 13.0. The zero-order valence-electron chi connectivity index (χ0n) is 11.3. The fourth-order valence-electron chi connectivity index (χ4n) is 2.31. The monoisotopic (exact) mass is 249 g/mol. The highest BCUT2D eigenvalue weighted by Gasteiger charge is 2.19. The second-order valence-corrected chi connectivity index (χ2v) is 4.91. The minimum Gasteiger partial charge on any atom is -0.376 e. The Hall–Kier alpha value is -1.13. The van der Waals surface area contributed by atoms with Crippen LogP contribution in [0.5, 0.6) is 0 Å². The van der Waals surface area contributed by atoms with Crippen LogP contribution in [0.3, 0.4) is 0 Å². The van der Waals surface area contributed by atoms with Gasteiger partial charge in [-0.1, -0.05) is 0 Å². The second kappa shape index (κ2) is 6.16. The lowest BCUT2D eigenvalue weighted by Crippen LogP contribution is -2.32. The van der Waals surface area contributed by atoms with Crippen LogP contribution in [0.1, 0.15) is 38.3 Å². The summed E-state index contributed by atoms with van der Waals surface area (Å²) >= 11 is 0. The summed E-state index contributed by atoms with van der Waals surface area (Å²) in [6.45, 7) is 6.90. The Kier molecular flexibility index (Phi) is 4.55. The molecule has 0 radical (unpaired) electrons. The molecule has 4 heteroatoms. The van der Waals surface area contributed by atoms with Gasteiger partial charge in [0.25, 0.3) is 0 Å². The molecular formula is C14H23N3O. The summed E-state index contributed by atoms with van der Waals surface area (Å²) in [7, 11) is 0. The molecule has 1 aromatic rings. The molecule has 2 heterocycles. The van der Waals surface area contributed by atoms with Crippen molar-refractivity contribution in [3.63, 3.8) is 0 Å². The molecule has 1 unspecified atom stereocenters. The summed E-state index contributed by atoms with van der Waals surface area (Å²) in [5.41, 5.74) is 7.05. The number of ether oxygens (including phenoxy) is 1. The number of pyridine rings is 1. The van der Waals surface area contributed by atoms with Gasteiger partial charge in [0.15, 0.2) is 0 Å². The van der Waals surface area contributed by atoms with Crippen LogP contribution in [0.4, 0.5) is 5.82 Å². The number of aromatic nitrogens is 1. The summed E-state index contributed by atoms with van der Waals surface area (Å²) in [6.07, 6.45) is 4.52. The van der Waals surface area contributed by atoms with Crippen LogP contribution >= 0.6 is 0 Å². The van der Waals surface area contributed by atoms with Crippen LogP contribution in [-0.4, -0.2) is 30.8 Å². The van der Waals surface area contributed by atoms with E-state index in [1.54, 1.807) is 0 Å². The van der Waals surface area contributed by atoms with Crippen LogP contribution < -0.4 is 10.6 Å². The number of hydrogen-bond donors (Lipinski definition) is 1. The van der Waals surface area contributed by atoms with Gasteiger partial charge in [-0.05, 0) is 44.4 Å². The van der Waals surface area contributed by atoms with E-state index in [-0.39, 0.29) is 6.04 Å². The first kappa shape index (κ1) is 13.3. The SMILES string of the molecule is CCN(CC1CCCO1)c1cc([C@H](C)N)ccn1. The van der Waals surface area contributed by atoms with Crippen molar-refractivity contribution in [1.29, 1.82) is 0 Å². The molecule has 4 nitrogen and oxygen atoms in total. The minimum absolute atomic E-state index is 0.0492. The Morgan fingerprint density at radius 3 is 3.06 bits per heavy atom. The van der Waals surface area contributed by atoms with Gasteiger partial charge in [-0.2, -0.15) is 0 Å². The van der Waals surface area contributed by atoms with Gasteiger partial charge in [-0.3, -0.25) is 0 Å². The normalized spacial score (nSPS) is 20.9. The highest BCUT2D eigenvalue weighted by molar-refractivity contribution is 5.41. The molecule has 1 aliphatic heterocycles. The summed E-state index contributed by atoms with van der Waals surface area (Å²) in [6, 6.07) is 4.12. The Labute approximate surface area is 109 Å². The van der Waals surface area contributed by atoms with Crippen molar-refractivity contribution in [3.05, 3.63) is 23.9 Å². The van der Waals surface area contributed by atoms with Gasteiger partial charge in [-0.25, -0.2) is 4.98 Å². The third-order valence-corrected chi connectivity index (χ3v) is 3.45. The van der Waals surface area contributed by atoms with E-state index >= 15 is 0 Å². The Morgan fingerprint density at radius 2 is 2.44 bits per heavy atom. The number of nitrogens with zero attached hydrogens (tertiary/aromatic N) is 2. The largest absolute Gasteiger partial charge is 0.376 e.